The fourth-order valence-electron chi connectivity index (χ4n) is 2.89. The first kappa shape index (κ1) is 21.0. The molecule has 0 radical (unpaired) electrons. The third-order valence-electron chi connectivity index (χ3n) is 4.11. The van der Waals surface area contributed by atoms with Crippen LogP contribution in [-0.2, 0) is 10.0 Å². The van der Waals surface area contributed by atoms with Crippen LogP contribution in [0, 0.1) is 11.7 Å². The summed E-state index contributed by atoms with van der Waals surface area (Å²) in [6, 6.07) is 2.21. The summed E-state index contributed by atoms with van der Waals surface area (Å²) in [7, 11) is -1.17. The molecule has 1 fully saturated rings. The van der Waals surface area contributed by atoms with Gasteiger partial charge in [0.05, 0.1) is 14.2 Å². The fraction of sp³-hybridized carbons (Fsp3) is 0.600. The predicted molar refractivity (Wildman–Crippen MR) is 91.9 cm³/mol. The van der Waals surface area contributed by atoms with Gasteiger partial charge in [0.2, 0.25) is 10.0 Å². The molecule has 2 N–H and O–H groups in total. The monoisotopic (exact) mass is 382 g/mol. The minimum Gasteiger partial charge on any atom is -0.493 e. The largest absolute Gasteiger partial charge is 0.493 e. The molecule has 0 spiro atoms. The van der Waals surface area contributed by atoms with Gasteiger partial charge in [-0.3, -0.25) is 0 Å². The lowest BCUT2D eigenvalue weighted by atomic mass is 9.96. The summed E-state index contributed by atoms with van der Waals surface area (Å²) in [6.07, 6.45) is 2.46. The first-order valence-corrected chi connectivity index (χ1v) is 8.99. The zero-order chi connectivity index (χ0) is 17.0. The molecule has 1 aliphatic rings. The van der Waals surface area contributed by atoms with Gasteiger partial charge in [-0.15, -0.1) is 12.4 Å². The van der Waals surface area contributed by atoms with Crippen LogP contribution in [0.5, 0.6) is 11.5 Å². The van der Waals surface area contributed by atoms with E-state index >= 15 is 0 Å². The topological polar surface area (TPSA) is 81.9 Å². The van der Waals surface area contributed by atoms with Crippen molar-refractivity contribution < 1.29 is 22.3 Å². The van der Waals surface area contributed by atoms with Crippen molar-refractivity contribution in [3.8, 4) is 11.5 Å². The Morgan fingerprint density at radius 1 is 1.29 bits per heavy atom. The SMILES string of the molecule is COc1cc(F)c(S(=O)(=O)N2CCCC(CCN)C2)cc1OC.Cl. The Balaban J connectivity index is 0.00000288. The Morgan fingerprint density at radius 2 is 1.92 bits per heavy atom. The number of hydrogen-bond donors (Lipinski definition) is 1. The van der Waals surface area contributed by atoms with Crippen molar-refractivity contribution in [1.29, 1.82) is 0 Å². The lowest BCUT2D eigenvalue weighted by Crippen LogP contribution is -2.40. The summed E-state index contributed by atoms with van der Waals surface area (Å²) >= 11 is 0. The van der Waals surface area contributed by atoms with E-state index < -0.39 is 15.8 Å². The average Bonchev–Trinajstić information content (AvgIpc) is 2.54. The number of sulfonamides is 1. The van der Waals surface area contributed by atoms with Crippen LogP contribution in [-0.4, -0.2) is 46.6 Å². The molecule has 0 amide bonds. The summed E-state index contributed by atoms with van der Waals surface area (Å²) in [5.41, 5.74) is 5.56. The van der Waals surface area contributed by atoms with Gasteiger partial charge in [-0.05, 0) is 31.7 Å². The molecule has 0 bridgehead atoms. The first-order valence-electron chi connectivity index (χ1n) is 7.55. The highest BCUT2D eigenvalue weighted by Gasteiger charge is 2.32. The number of methoxy groups -OCH3 is 2. The molecule has 0 aliphatic carbocycles. The maximum absolute atomic E-state index is 14.3. The number of rotatable bonds is 6. The van der Waals surface area contributed by atoms with Crippen LogP contribution in [0.2, 0.25) is 0 Å². The van der Waals surface area contributed by atoms with Crippen molar-refractivity contribution >= 4 is 22.4 Å². The smallest absolute Gasteiger partial charge is 0.246 e. The molecular formula is C15H24ClFN2O4S. The minimum atomic E-state index is -3.92. The van der Waals surface area contributed by atoms with E-state index in [1.165, 1.54) is 24.6 Å². The average molecular weight is 383 g/mol. The molecule has 0 saturated carbocycles. The molecule has 1 atom stereocenters. The van der Waals surface area contributed by atoms with Crippen molar-refractivity contribution in [1.82, 2.24) is 4.31 Å². The second kappa shape index (κ2) is 8.84. The van der Waals surface area contributed by atoms with Crippen LogP contribution in [0.3, 0.4) is 0 Å². The van der Waals surface area contributed by atoms with Crippen LogP contribution in [0.4, 0.5) is 4.39 Å². The summed E-state index contributed by atoms with van der Waals surface area (Å²) < 4.78 is 51.3. The van der Waals surface area contributed by atoms with Gasteiger partial charge in [0.1, 0.15) is 10.7 Å². The second-order valence-electron chi connectivity index (χ2n) is 5.59. The Morgan fingerprint density at radius 3 is 2.50 bits per heavy atom. The van der Waals surface area contributed by atoms with Crippen LogP contribution in [0.15, 0.2) is 17.0 Å². The van der Waals surface area contributed by atoms with E-state index in [4.69, 9.17) is 15.2 Å². The third kappa shape index (κ3) is 4.30. The maximum atomic E-state index is 14.3. The minimum absolute atomic E-state index is 0. The first-order chi connectivity index (χ1) is 10.9. The van der Waals surface area contributed by atoms with Crippen molar-refractivity contribution in [3.63, 3.8) is 0 Å². The zero-order valence-electron chi connectivity index (χ0n) is 13.8. The van der Waals surface area contributed by atoms with Gasteiger partial charge < -0.3 is 15.2 Å². The Bertz CT molecular complexity index is 655. The Hall–Kier alpha value is -1.09. The molecule has 1 aromatic rings. The number of piperidine rings is 1. The highest BCUT2D eigenvalue weighted by Crippen LogP contribution is 2.34. The number of nitrogens with two attached hydrogens (primary N) is 1. The van der Waals surface area contributed by atoms with Gasteiger partial charge in [-0.1, -0.05) is 0 Å². The summed E-state index contributed by atoms with van der Waals surface area (Å²) in [5.74, 6) is -0.290. The molecule has 0 aromatic heterocycles. The third-order valence-corrected chi connectivity index (χ3v) is 5.99. The molecule has 1 aliphatic heterocycles. The van der Waals surface area contributed by atoms with E-state index in [2.05, 4.69) is 0 Å². The van der Waals surface area contributed by atoms with Crippen LogP contribution in [0.25, 0.3) is 0 Å². The van der Waals surface area contributed by atoms with Crippen molar-refractivity contribution in [3.05, 3.63) is 17.9 Å². The van der Waals surface area contributed by atoms with E-state index in [9.17, 15) is 12.8 Å². The zero-order valence-corrected chi connectivity index (χ0v) is 15.5. The molecule has 1 saturated heterocycles. The lowest BCUT2D eigenvalue weighted by Gasteiger charge is -2.32. The molecular weight excluding hydrogens is 359 g/mol. The normalized spacial score (nSPS) is 18.8. The molecule has 2 rings (SSSR count). The predicted octanol–water partition coefficient (Wildman–Crippen LogP) is 2.01. The summed E-state index contributed by atoms with van der Waals surface area (Å²) in [4.78, 5) is -0.386. The van der Waals surface area contributed by atoms with E-state index in [1.54, 1.807) is 0 Å². The number of benzene rings is 1. The molecule has 6 nitrogen and oxygen atoms in total. The summed E-state index contributed by atoms with van der Waals surface area (Å²) in [5, 5.41) is 0. The Labute approximate surface area is 148 Å². The van der Waals surface area contributed by atoms with Crippen LogP contribution in [0.1, 0.15) is 19.3 Å². The molecule has 9 heteroatoms. The van der Waals surface area contributed by atoms with E-state index in [1.807, 2.05) is 0 Å². The maximum Gasteiger partial charge on any atom is 0.246 e. The van der Waals surface area contributed by atoms with E-state index in [0.717, 1.165) is 25.3 Å². The van der Waals surface area contributed by atoms with E-state index in [0.29, 0.717) is 19.6 Å². The number of halogens is 2. The van der Waals surface area contributed by atoms with Crippen molar-refractivity contribution in [2.24, 2.45) is 11.7 Å². The highest BCUT2D eigenvalue weighted by molar-refractivity contribution is 7.89. The van der Waals surface area contributed by atoms with Crippen LogP contribution >= 0.6 is 12.4 Å². The van der Waals surface area contributed by atoms with Gasteiger partial charge in [-0.25, -0.2) is 12.8 Å². The molecule has 1 aromatic carbocycles. The van der Waals surface area contributed by atoms with Crippen LogP contribution < -0.4 is 15.2 Å². The van der Waals surface area contributed by atoms with Gasteiger partial charge in [0, 0.05) is 25.2 Å². The van der Waals surface area contributed by atoms with Gasteiger partial charge in [0.25, 0.3) is 0 Å². The van der Waals surface area contributed by atoms with Gasteiger partial charge in [0.15, 0.2) is 11.5 Å². The van der Waals surface area contributed by atoms with Gasteiger partial charge >= 0.3 is 0 Å². The molecule has 1 heterocycles. The second-order valence-corrected chi connectivity index (χ2v) is 7.49. The standard InChI is InChI=1S/C15H23FN2O4S.ClH/c1-21-13-8-12(16)15(9-14(13)22-2)23(19,20)18-7-3-4-11(10-18)5-6-17;/h8-9,11H,3-7,10,17H2,1-2H3;1H. The number of nitrogens with zero attached hydrogens (tertiary/aromatic N) is 1. The molecule has 24 heavy (non-hydrogen) atoms. The number of ether oxygens (including phenoxy) is 2. The van der Waals surface area contributed by atoms with E-state index in [-0.39, 0.29) is 34.7 Å². The molecule has 1 unspecified atom stereocenters. The van der Waals surface area contributed by atoms with Crippen molar-refractivity contribution in [2.45, 2.75) is 24.2 Å². The number of hydrogen-bond acceptors (Lipinski definition) is 5. The molecule has 138 valence electrons. The quantitative estimate of drug-likeness (QED) is 0.813. The fourth-order valence-corrected chi connectivity index (χ4v) is 4.50. The van der Waals surface area contributed by atoms with Gasteiger partial charge in [-0.2, -0.15) is 4.31 Å². The van der Waals surface area contributed by atoms with Crippen molar-refractivity contribution in [2.75, 3.05) is 33.9 Å². The lowest BCUT2D eigenvalue weighted by molar-refractivity contribution is 0.257. The Kier molecular flexibility index (Phi) is 7.72. The highest BCUT2D eigenvalue weighted by atomic mass is 35.5. The summed E-state index contributed by atoms with van der Waals surface area (Å²) in [6.45, 7) is 1.27.